The first kappa shape index (κ1) is 12.0. The summed E-state index contributed by atoms with van der Waals surface area (Å²) in [6, 6.07) is 5.22. The average molecular weight is 244 g/mol. The molecule has 0 bridgehead atoms. The second kappa shape index (κ2) is 5.72. The van der Waals surface area contributed by atoms with Gasteiger partial charge in [-0.1, -0.05) is 6.07 Å². The van der Waals surface area contributed by atoms with Crippen LogP contribution in [0.2, 0.25) is 0 Å². The molecule has 1 N–H and O–H groups in total. The van der Waals surface area contributed by atoms with E-state index in [9.17, 15) is 4.79 Å². The van der Waals surface area contributed by atoms with E-state index in [2.05, 4.69) is 20.3 Å². The van der Waals surface area contributed by atoms with Gasteiger partial charge in [0.15, 0.2) is 0 Å². The highest BCUT2D eigenvalue weighted by Crippen LogP contribution is 2.06. The molecule has 1 amide bonds. The lowest BCUT2D eigenvalue weighted by Gasteiger charge is -2.04. The first-order valence-electron chi connectivity index (χ1n) is 5.34. The topological polar surface area (TPSA) is 77.0 Å². The first-order valence-corrected chi connectivity index (χ1v) is 5.34. The molecule has 0 aliphatic heterocycles. The summed E-state index contributed by atoms with van der Waals surface area (Å²) in [5.41, 5.74) is 0.875. The molecule has 92 valence electrons. The number of nitrogens with one attached hydrogen (secondary N) is 1. The van der Waals surface area contributed by atoms with Crippen molar-refractivity contribution in [2.24, 2.45) is 0 Å². The van der Waals surface area contributed by atoms with Crippen molar-refractivity contribution in [1.29, 1.82) is 0 Å². The van der Waals surface area contributed by atoms with Crippen LogP contribution in [0.25, 0.3) is 0 Å². The van der Waals surface area contributed by atoms with Crippen molar-refractivity contribution in [2.45, 2.75) is 6.54 Å². The minimum atomic E-state index is -0.314. The van der Waals surface area contributed by atoms with Crippen LogP contribution in [0.5, 0.6) is 5.88 Å². The number of aromatic nitrogens is 3. The fourth-order valence-electron chi connectivity index (χ4n) is 1.31. The Hall–Kier alpha value is -2.50. The Labute approximate surface area is 104 Å². The van der Waals surface area contributed by atoms with E-state index in [4.69, 9.17) is 4.74 Å². The molecule has 0 spiro atoms. The van der Waals surface area contributed by atoms with Gasteiger partial charge in [-0.3, -0.25) is 4.79 Å². The monoisotopic (exact) mass is 244 g/mol. The molecule has 0 saturated carbocycles. The zero-order valence-corrected chi connectivity index (χ0v) is 9.83. The van der Waals surface area contributed by atoms with E-state index in [1.165, 1.54) is 12.4 Å². The maximum absolute atomic E-state index is 11.7. The fourth-order valence-corrected chi connectivity index (χ4v) is 1.31. The van der Waals surface area contributed by atoms with Crippen LogP contribution >= 0.6 is 0 Å². The van der Waals surface area contributed by atoms with Crippen LogP contribution < -0.4 is 10.1 Å². The smallest absolute Gasteiger partial charge is 0.289 e. The summed E-state index contributed by atoms with van der Waals surface area (Å²) in [6.45, 7) is 0.369. The molecule has 2 aromatic heterocycles. The predicted molar refractivity (Wildman–Crippen MR) is 64.0 cm³/mol. The van der Waals surface area contributed by atoms with Crippen LogP contribution in [0.4, 0.5) is 0 Å². The molecule has 0 radical (unpaired) electrons. The molecular weight excluding hydrogens is 232 g/mol. The first-order chi connectivity index (χ1) is 8.79. The zero-order chi connectivity index (χ0) is 12.8. The van der Waals surface area contributed by atoms with Crippen molar-refractivity contribution in [3.8, 4) is 5.88 Å². The quantitative estimate of drug-likeness (QED) is 0.861. The van der Waals surface area contributed by atoms with Crippen LogP contribution in [-0.2, 0) is 6.54 Å². The minimum absolute atomic E-state index is 0.152. The van der Waals surface area contributed by atoms with Gasteiger partial charge in [-0.25, -0.2) is 15.0 Å². The van der Waals surface area contributed by atoms with E-state index >= 15 is 0 Å². The molecule has 2 heterocycles. The van der Waals surface area contributed by atoms with E-state index in [0.717, 1.165) is 5.56 Å². The van der Waals surface area contributed by atoms with Crippen molar-refractivity contribution in [2.75, 3.05) is 7.11 Å². The fraction of sp³-hybridized carbons (Fsp3) is 0.167. The molecule has 0 fully saturated rings. The highest BCUT2D eigenvalue weighted by atomic mass is 16.5. The third-order valence-electron chi connectivity index (χ3n) is 2.23. The Balaban J connectivity index is 1.93. The number of methoxy groups -OCH3 is 1. The zero-order valence-electron chi connectivity index (χ0n) is 9.83. The second-order valence-electron chi connectivity index (χ2n) is 3.46. The summed E-state index contributed by atoms with van der Waals surface area (Å²) in [5, 5.41) is 2.71. The third kappa shape index (κ3) is 3.00. The minimum Gasteiger partial charge on any atom is -0.481 e. The van der Waals surface area contributed by atoms with Crippen molar-refractivity contribution < 1.29 is 9.53 Å². The molecule has 0 aliphatic carbocycles. The molecule has 2 rings (SSSR count). The van der Waals surface area contributed by atoms with E-state index in [0.29, 0.717) is 12.4 Å². The molecule has 0 unspecified atom stereocenters. The largest absolute Gasteiger partial charge is 0.481 e. The second-order valence-corrected chi connectivity index (χ2v) is 3.46. The Bertz CT molecular complexity index is 513. The van der Waals surface area contributed by atoms with E-state index < -0.39 is 0 Å². The van der Waals surface area contributed by atoms with Gasteiger partial charge in [0.05, 0.1) is 7.11 Å². The van der Waals surface area contributed by atoms with Crippen LogP contribution in [0.3, 0.4) is 0 Å². The van der Waals surface area contributed by atoms with Gasteiger partial charge in [-0.05, 0) is 11.6 Å². The predicted octanol–water partition coefficient (Wildman–Crippen LogP) is 0.810. The number of pyridine rings is 1. The summed E-state index contributed by atoms with van der Waals surface area (Å²) in [6.07, 6.45) is 4.69. The van der Waals surface area contributed by atoms with Gasteiger partial charge in [0, 0.05) is 31.2 Å². The van der Waals surface area contributed by atoms with Crippen LogP contribution in [0, 0.1) is 0 Å². The maximum atomic E-state index is 11.7. The number of hydrogen-bond donors (Lipinski definition) is 1. The molecule has 0 aliphatic rings. The summed E-state index contributed by atoms with van der Waals surface area (Å²) in [7, 11) is 1.55. The lowest BCUT2D eigenvalue weighted by atomic mass is 10.3. The Morgan fingerprint density at radius 2 is 2.06 bits per heavy atom. The Morgan fingerprint density at radius 1 is 1.28 bits per heavy atom. The van der Waals surface area contributed by atoms with Crippen LogP contribution in [0.15, 0.2) is 36.8 Å². The molecule has 0 saturated heterocycles. The van der Waals surface area contributed by atoms with E-state index in [1.807, 2.05) is 6.07 Å². The van der Waals surface area contributed by atoms with Crippen molar-refractivity contribution >= 4 is 5.91 Å². The SMILES string of the molecule is COc1ccc(CNC(=O)c2ncccn2)cn1. The molecule has 2 aromatic rings. The number of carbonyl (C=O) groups excluding carboxylic acids is 1. The average Bonchev–Trinajstić information content (AvgIpc) is 2.46. The number of hydrogen-bond acceptors (Lipinski definition) is 5. The van der Waals surface area contributed by atoms with Crippen LogP contribution in [0.1, 0.15) is 16.2 Å². The van der Waals surface area contributed by atoms with Gasteiger partial charge in [-0.15, -0.1) is 0 Å². The molecule has 0 aromatic carbocycles. The summed E-state index contributed by atoms with van der Waals surface area (Å²) < 4.78 is 4.95. The maximum Gasteiger partial charge on any atom is 0.289 e. The van der Waals surface area contributed by atoms with Crippen LogP contribution in [-0.4, -0.2) is 28.0 Å². The van der Waals surface area contributed by atoms with Crippen molar-refractivity contribution in [3.63, 3.8) is 0 Å². The van der Waals surface area contributed by atoms with Gasteiger partial charge >= 0.3 is 0 Å². The molecule has 6 heteroatoms. The number of nitrogens with zero attached hydrogens (tertiary/aromatic N) is 3. The number of ether oxygens (including phenoxy) is 1. The normalized spacial score (nSPS) is 9.83. The van der Waals surface area contributed by atoms with Crippen molar-refractivity contribution in [3.05, 3.63) is 48.2 Å². The van der Waals surface area contributed by atoms with Gasteiger partial charge in [0.2, 0.25) is 11.7 Å². The summed E-state index contributed by atoms with van der Waals surface area (Å²) in [4.78, 5) is 23.4. The highest BCUT2D eigenvalue weighted by Gasteiger charge is 2.07. The molecule has 18 heavy (non-hydrogen) atoms. The lowest BCUT2D eigenvalue weighted by molar-refractivity contribution is 0.0940. The Morgan fingerprint density at radius 3 is 2.67 bits per heavy atom. The molecule has 6 nitrogen and oxygen atoms in total. The van der Waals surface area contributed by atoms with E-state index in [-0.39, 0.29) is 11.7 Å². The lowest BCUT2D eigenvalue weighted by Crippen LogP contribution is -2.24. The number of amides is 1. The van der Waals surface area contributed by atoms with Gasteiger partial charge in [0.1, 0.15) is 0 Å². The molecule has 0 atom stereocenters. The van der Waals surface area contributed by atoms with Crippen molar-refractivity contribution in [1.82, 2.24) is 20.3 Å². The van der Waals surface area contributed by atoms with E-state index in [1.54, 1.807) is 25.4 Å². The summed E-state index contributed by atoms with van der Waals surface area (Å²) >= 11 is 0. The number of rotatable bonds is 4. The summed E-state index contributed by atoms with van der Waals surface area (Å²) in [5.74, 6) is 0.377. The highest BCUT2D eigenvalue weighted by molar-refractivity contribution is 5.90. The standard InChI is InChI=1S/C12H12N4O2/c1-18-10-4-3-9(7-15-10)8-16-12(17)11-13-5-2-6-14-11/h2-7H,8H2,1H3,(H,16,17). The third-order valence-corrected chi connectivity index (χ3v) is 2.23. The number of carbonyl (C=O) groups is 1. The molecular formula is C12H12N4O2. The van der Waals surface area contributed by atoms with Gasteiger partial charge in [0.25, 0.3) is 5.91 Å². The van der Waals surface area contributed by atoms with Gasteiger partial charge < -0.3 is 10.1 Å². The Kier molecular flexibility index (Phi) is 3.80. The van der Waals surface area contributed by atoms with Gasteiger partial charge in [-0.2, -0.15) is 0 Å².